The standard InChI is InChI=1S/C14H14BrN3O2S2/c1-9-5-6-12(8-13(9)22(16,19)20)18-14(21)17-11-4-2-3-10(15)7-11/h2-8H,1H3,(H2,16,19,20)(H2,17,18,21). The normalized spacial score (nSPS) is 11.0. The number of primary sulfonamides is 1. The number of halogens is 1. The number of nitrogens with two attached hydrogens (primary N) is 1. The molecule has 2 rings (SSSR count). The Kier molecular flexibility index (Phi) is 5.17. The van der Waals surface area contributed by atoms with Crippen LogP contribution in [0.15, 0.2) is 51.8 Å². The van der Waals surface area contributed by atoms with Crippen LogP contribution >= 0.6 is 28.1 Å². The third kappa shape index (κ3) is 4.51. The third-order valence-corrected chi connectivity index (χ3v) is 4.59. The van der Waals surface area contributed by atoms with Crippen molar-refractivity contribution >= 4 is 54.7 Å². The number of rotatable bonds is 3. The van der Waals surface area contributed by atoms with Crippen LogP contribution in [0.25, 0.3) is 0 Å². The van der Waals surface area contributed by atoms with Crippen LogP contribution < -0.4 is 15.8 Å². The maximum atomic E-state index is 11.5. The van der Waals surface area contributed by atoms with Gasteiger partial charge in [-0.25, -0.2) is 13.6 Å². The Morgan fingerprint density at radius 2 is 1.77 bits per heavy atom. The highest BCUT2D eigenvalue weighted by molar-refractivity contribution is 9.10. The lowest BCUT2D eigenvalue weighted by Crippen LogP contribution is -2.20. The van der Waals surface area contributed by atoms with E-state index in [-0.39, 0.29) is 4.90 Å². The van der Waals surface area contributed by atoms with Crippen LogP contribution in [0.4, 0.5) is 11.4 Å². The van der Waals surface area contributed by atoms with Crippen LogP contribution in [0.3, 0.4) is 0 Å². The minimum absolute atomic E-state index is 0.0720. The fourth-order valence-corrected chi connectivity index (χ4v) is 3.29. The van der Waals surface area contributed by atoms with Gasteiger partial charge in [-0.05, 0) is 55.0 Å². The average molecular weight is 400 g/mol. The van der Waals surface area contributed by atoms with Crippen molar-refractivity contribution in [3.05, 3.63) is 52.5 Å². The van der Waals surface area contributed by atoms with Crippen LogP contribution in [0, 0.1) is 6.92 Å². The molecule has 116 valence electrons. The molecule has 0 saturated heterocycles. The lowest BCUT2D eigenvalue weighted by molar-refractivity contribution is 0.597. The summed E-state index contributed by atoms with van der Waals surface area (Å²) in [6.07, 6.45) is 0. The number of thiocarbonyl (C=S) groups is 1. The zero-order valence-electron chi connectivity index (χ0n) is 11.6. The molecular weight excluding hydrogens is 386 g/mol. The topological polar surface area (TPSA) is 84.2 Å². The second-order valence-corrected chi connectivity index (χ2v) is 7.47. The van der Waals surface area contributed by atoms with Crippen molar-refractivity contribution in [3.63, 3.8) is 0 Å². The number of aryl methyl sites for hydroxylation is 1. The van der Waals surface area contributed by atoms with Crippen molar-refractivity contribution in [2.75, 3.05) is 10.6 Å². The van der Waals surface area contributed by atoms with Gasteiger partial charge in [0, 0.05) is 15.8 Å². The van der Waals surface area contributed by atoms with Crippen molar-refractivity contribution < 1.29 is 8.42 Å². The first-order valence-corrected chi connectivity index (χ1v) is 8.97. The molecule has 8 heteroatoms. The highest BCUT2D eigenvalue weighted by Crippen LogP contribution is 2.20. The van der Waals surface area contributed by atoms with Crippen molar-refractivity contribution in [2.24, 2.45) is 5.14 Å². The molecule has 0 heterocycles. The summed E-state index contributed by atoms with van der Waals surface area (Å²) in [7, 11) is -3.77. The molecule has 0 atom stereocenters. The first-order chi connectivity index (χ1) is 10.3. The van der Waals surface area contributed by atoms with E-state index in [1.54, 1.807) is 19.1 Å². The molecule has 0 spiro atoms. The van der Waals surface area contributed by atoms with Gasteiger partial charge in [-0.1, -0.05) is 28.1 Å². The molecule has 22 heavy (non-hydrogen) atoms. The molecule has 0 radical (unpaired) electrons. The maximum absolute atomic E-state index is 11.5. The average Bonchev–Trinajstić information content (AvgIpc) is 2.39. The molecule has 0 fully saturated rings. The summed E-state index contributed by atoms with van der Waals surface area (Å²) in [5.74, 6) is 0. The van der Waals surface area contributed by atoms with Crippen LogP contribution in [0.2, 0.25) is 0 Å². The van der Waals surface area contributed by atoms with Gasteiger partial charge >= 0.3 is 0 Å². The summed E-state index contributed by atoms with van der Waals surface area (Å²) in [6.45, 7) is 1.68. The second kappa shape index (κ2) is 6.74. The Morgan fingerprint density at radius 1 is 1.14 bits per heavy atom. The van der Waals surface area contributed by atoms with E-state index in [2.05, 4.69) is 26.6 Å². The van der Waals surface area contributed by atoms with Gasteiger partial charge in [0.25, 0.3) is 0 Å². The van der Waals surface area contributed by atoms with Gasteiger partial charge in [-0.3, -0.25) is 0 Å². The first-order valence-electron chi connectivity index (χ1n) is 6.23. The quantitative estimate of drug-likeness (QED) is 0.689. The van der Waals surface area contributed by atoms with E-state index in [0.29, 0.717) is 16.4 Å². The molecule has 0 aliphatic carbocycles. The van der Waals surface area contributed by atoms with E-state index in [9.17, 15) is 8.42 Å². The Hall–Kier alpha value is -1.48. The molecule has 0 saturated carbocycles. The fraction of sp³-hybridized carbons (Fsp3) is 0.0714. The molecule has 0 unspecified atom stereocenters. The number of hydrogen-bond donors (Lipinski definition) is 3. The van der Waals surface area contributed by atoms with Gasteiger partial charge in [0.2, 0.25) is 10.0 Å². The molecule has 2 aromatic rings. The highest BCUT2D eigenvalue weighted by atomic mass is 79.9. The molecular formula is C14H14BrN3O2S2. The number of nitrogens with one attached hydrogen (secondary N) is 2. The van der Waals surface area contributed by atoms with Crippen molar-refractivity contribution in [1.82, 2.24) is 0 Å². The zero-order chi connectivity index (χ0) is 16.3. The lowest BCUT2D eigenvalue weighted by atomic mass is 10.2. The number of anilines is 2. The first kappa shape index (κ1) is 16.9. The third-order valence-electron chi connectivity index (χ3n) is 2.84. The molecule has 5 nitrogen and oxygen atoms in total. The fourth-order valence-electron chi connectivity index (χ4n) is 1.84. The van der Waals surface area contributed by atoms with Gasteiger partial charge in [0.05, 0.1) is 4.90 Å². The van der Waals surface area contributed by atoms with Gasteiger partial charge < -0.3 is 10.6 Å². The minimum Gasteiger partial charge on any atom is -0.332 e. The minimum atomic E-state index is -3.77. The van der Waals surface area contributed by atoms with Gasteiger partial charge in [-0.2, -0.15) is 0 Å². The number of benzene rings is 2. The highest BCUT2D eigenvalue weighted by Gasteiger charge is 2.12. The molecule has 0 aromatic heterocycles. The number of sulfonamides is 1. The predicted molar refractivity (Wildman–Crippen MR) is 96.5 cm³/mol. The van der Waals surface area contributed by atoms with Crippen LogP contribution in [-0.4, -0.2) is 13.5 Å². The van der Waals surface area contributed by atoms with E-state index in [0.717, 1.165) is 10.2 Å². The van der Waals surface area contributed by atoms with Gasteiger partial charge in [-0.15, -0.1) is 0 Å². The Bertz CT molecular complexity index is 823. The molecule has 4 N–H and O–H groups in total. The summed E-state index contributed by atoms with van der Waals surface area (Å²) in [6, 6.07) is 12.4. The summed E-state index contributed by atoms with van der Waals surface area (Å²) in [4.78, 5) is 0.0720. The smallest absolute Gasteiger partial charge is 0.238 e. The van der Waals surface area contributed by atoms with Crippen LogP contribution in [0.1, 0.15) is 5.56 Å². The Labute approximate surface area is 143 Å². The molecule has 0 aliphatic rings. The molecule has 0 aliphatic heterocycles. The van der Waals surface area contributed by atoms with E-state index < -0.39 is 10.0 Å². The zero-order valence-corrected chi connectivity index (χ0v) is 14.8. The van der Waals surface area contributed by atoms with Crippen molar-refractivity contribution in [2.45, 2.75) is 11.8 Å². The Balaban J connectivity index is 2.15. The summed E-state index contributed by atoms with van der Waals surface area (Å²) in [5.41, 5.74) is 1.94. The maximum Gasteiger partial charge on any atom is 0.238 e. The van der Waals surface area contributed by atoms with Crippen molar-refractivity contribution in [3.8, 4) is 0 Å². The molecule has 0 bridgehead atoms. The van der Waals surface area contributed by atoms with Crippen molar-refractivity contribution in [1.29, 1.82) is 0 Å². The lowest BCUT2D eigenvalue weighted by Gasteiger charge is -2.12. The van der Waals surface area contributed by atoms with E-state index in [4.69, 9.17) is 17.4 Å². The SMILES string of the molecule is Cc1ccc(NC(=S)Nc2cccc(Br)c2)cc1S(N)(=O)=O. The monoisotopic (exact) mass is 399 g/mol. The van der Waals surface area contributed by atoms with Crippen LogP contribution in [-0.2, 0) is 10.0 Å². The van der Waals surface area contributed by atoms with Crippen LogP contribution in [0.5, 0.6) is 0 Å². The Morgan fingerprint density at radius 3 is 2.36 bits per heavy atom. The van der Waals surface area contributed by atoms with Gasteiger partial charge in [0.1, 0.15) is 0 Å². The predicted octanol–water partition coefficient (Wildman–Crippen LogP) is 3.21. The molecule has 0 amide bonds. The van der Waals surface area contributed by atoms with E-state index >= 15 is 0 Å². The number of hydrogen-bond acceptors (Lipinski definition) is 3. The van der Waals surface area contributed by atoms with Gasteiger partial charge in [0.15, 0.2) is 5.11 Å². The summed E-state index contributed by atoms with van der Waals surface area (Å²) >= 11 is 8.59. The van der Waals surface area contributed by atoms with E-state index in [1.165, 1.54) is 6.07 Å². The second-order valence-electron chi connectivity index (χ2n) is 4.61. The summed E-state index contributed by atoms with van der Waals surface area (Å²) < 4.78 is 24.0. The van der Waals surface area contributed by atoms with E-state index in [1.807, 2.05) is 24.3 Å². The molecule has 2 aromatic carbocycles. The summed E-state index contributed by atoms with van der Waals surface area (Å²) in [5, 5.41) is 11.5. The largest absolute Gasteiger partial charge is 0.332 e.